The number of nitrogens with two attached hydrogens (primary N) is 1. The Kier molecular flexibility index (Phi) is 2.86. The zero-order valence-corrected chi connectivity index (χ0v) is 6.91. The first-order chi connectivity index (χ1) is 6.13. The molecule has 0 saturated heterocycles. The first kappa shape index (κ1) is 9.53. The maximum Gasteiger partial charge on any atom is 0.323 e. The van der Waals surface area contributed by atoms with Crippen LogP contribution in [-0.4, -0.2) is 27.6 Å². The summed E-state index contributed by atoms with van der Waals surface area (Å²) in [6, 6.07) is 0. The van der Waals surface area contributed by atoms with Gasteiger partial charge in [-0.15, -0.1) is 0 Å². The summed E-state index contributed by atoms with van der Waals surface area (Å²) < 4.78 is 0. The minimum Gasteiger partial charge on any atom is -0.481 e. The largest absolute Gasteiger partial charge is 0.481 e. The second-order valence-electron chi connectivity index (χ2n) is 2.73. The highest BCUT2D eigenvalue weighted by Gasteiger charge is 2.15. The number of hydrogen-bond acceptors (Lipinski definition) is 3. The Bertz CT molecular complexity index is 341. The van der Waals surface area contributed by atoms with Crippen molar-refractivity contribution in [2.24, 2.45) is 5.73 Å². The molecule has 0 aliphatic rings. The summed E-state index contributed by atoms with van der Waals surface area (Å²) in [5.74, 6) is -1.27. The predicted molar refractivity (Wildman–Crippen MR) is 45.5 cm³/mol. The third-order valence-electron chi connectivity index (χ3n) is 1.76. The summed E-state index contributed by atoms with van der Waals surface area (Å²) in [6.07, 6.45) is 1.37. The van der Waals surface area contributed by atoms with Crippen LogP contribution < -0.4 is 11.4 Å². The number of carbonyl (C=O) groups is 1. The molecule has 0 fully saturated rings. The number of aromatic amines is 2. The number of hydrogen-bond donors (Lipinski definition) is 4. The Labute approximate surface area is 73.8 Å². The van der Waals surface area contributed by atoms with E-state index in [2.05, 4.69) is 9.97 Å². The van der Waals surface area contributed by atoms with E-state index in [0.717, 1.165) is 0 Å². The fourth-order valence-electron chi connectivity index (χ4n) is 1.10. The van der Waals surface area contributed by atoms with Crippen LogP contribution in [-0.2, 0) is 4.79 Å². The van der Waals surface area contributed by atoms with E-state index >= 15 is 0 Å². The van der Waals surface area contributed by atoms with E-state index in [1.165, 1.54) is 6.20 Å². The molecular formula is C7H11N3O3. The molecule has 0 radical (unpaired) electrons. The Morgan fingerprint density at radius 3 is 2.77 bits per heavy atom. The molecule has 0 aliphatic heterocycles. The summed E-state index contributed by atoms with van der Waals surface area (Å²) in [5.41, 5.74) is 5.55. The van der Waals surface area contributed by atoms with Crippen LogP contribution in [0.3, 0.4) is 0 Å². The lowest BCUT2D eigenvalue weighted by atomic mass is 10.0. The highest BCUT2D eigenvalue weighted by molar-refractivity contribution is 5.67. The lowest BCUT2D eigenvalue weighted by Crippen LogP contribution is -2.17. The van der Waals surface area contributed by atoms with Gasteiger partial charge in [0.25, 0.3) is 0 Å². The molecule has 6 nitrogen and oxygen atoms in total. The fourth-order valence-corrected chi connectivity index (χ4v) is 1.10. The zero-order chi connectivity index (χ0) is 9.84. The van der Waals surface area contributed by atoms with E-state index in [0.29, 0.717) is 5.69 Å². The van der Waals surface area contributed by atoms with Gasteiger partial charge in [-0.3, -0.25) is 4.79 Å². The molecule has 1 heterocycles. The van der Waals surface area contributed by atoms with Crippen molar-refractivity contribution in [2.45, 2.75) is 12.3 Å². The van der Waals surface area contributed by atoms with Gasteiger partial charge in [0.15, 0.2) is 0 Å². The maximum atomic E-state index is 10.7. The molecule has 0 saturated carbocycles. The third kappa shape index (κ3) is 2.45. The maximum absolute atomic E-state index is 10.7. The van der Waals surface area contributed by atoms with Gasteiger partial charge in [-0.25, -0.2) is 4.79 Å². The second kappa shape index (κ2) is 3.90. The van der Waals surface area contributed by atoms with Gasteiger partial charge < -0.3 is 20.8 Å². The average molecular weight is 185 g/mol. The molecule has 0 aromatic carbocycles. The molecule has 5 N–H and O–H groups in total. The molecule has 1 aromatic heterocycles. The van der Waals surface area contributed by atoms with Gasteiger partial charge in [0.05, 0.1) is 6.42 Å². The Morgan fingerprint density at radius 2 is 2.38 bits per heavy atom. The first-order valence-electron chi connectivity index (χ1n) is 3.83. The number of aliphatic carboxylic acids is 1. The molecule has 0 aliphatic carbocycles. The number of carboxylic acid groups (broad SMARTS) is 1. The molecule has 13 heavy (non-hydrogen) atoms. The normalized spacial score (nSPS) is 12.7. The van der Waals surface area contributed by atoms with Crippen LogP contribution in [0, 0.1) is 0 Å². The van der Waals surface area contributed by atoms with Crippen molar-refractivity contribution in [2.75, 3.05) is 6.54 Å². The number of rotatable bonds is 4. The van der Waals surface area contributed by atoms with Crippen molar-refractivity contribution in [3.8, 4) is 0 Å². The van der Waals surface area contributed by atoms with E-state index < -0.39 is 5.97 Å². The van der Waals surface area contributed by atoms with Gasteiger partial charge in [-0.2, -0.15) is 0 Å². The van der Waals surface area contributed by atoms with E-state index in [9.17, 15) is 9.59 Å². The van der Waals surface area contributed by atoms with Crippen LogP contribution in [0.1, 0.15) is 18.0 Å². The van der Waals surface area contributed by atoms with Crippen LogP contribution in [0.2, 0.25) is 0 Å². The van der Waals surface area contributed by atoms with Crippen LogP contribution in [0.4, 0.5) is 0 Å². The molecule has 0 spiro atoms. The van der Waals surface area contributed by atoms with E-state index in [4.69, 9.17) is 10.8 Å². The third-order valence-corrected chi connectivity index (χ3v) is 1.76. The van der Waals surface area contributed by atoms with Gasteiger partial charge >= 0.3 is 11.7 Å². The van der Waals surface area contributed by atoms with Crippen molar-refractivity contribution >= 4 is 5.97 Å². The van der Waals surface area contributed by atoms with Crippen LogP contribution in [0.5, 0.6) is 0 Å². The van der Waals surface area contributed by atoms with Gasteiger partial charge in [-0.1, -0.05) is 0 Å². The Morgan fingerprint density at radius 1 is 1.69 bits per heavy atom. The molecular weight excluding hydrogens is 174 g/mol. The fraction of sp³-hybridized carbons (Fsp3) is 0.429. The second-order valence-corrected chi connectivity index (χ2v) is 2.73. The summed E-state index contributed by atoms with van der Waals surface area (Å²) in [6.45, 7) is 0.195. The number of nitrogens with one attached hydrogen (secondary N) is 2. The number of imidazole rings is 1. The average Bonchev–Trinajstić information content (AvgIpc) is 2.47. The smallest absolute Gasteiger partial charge is 0.323 e. The highest BCUT2D eigenvalue weighted by atomic mass is 16.4. The molecule has 6 heteroatoms. The monoisotopic (exact) mass is 185 g/mol. The van der Waals surface area contributed by atoms with Crippen LogP contribution in [0.15, 0.2) is 11.0 Å². The van der Waals surface area contributed by atoms with Gasteiger partial charge in [0, 0.05) is 24.4 Å². The predicted octanol–water partition coefficient (Wildman–Crippen LogP) is -0.780. The van der Waals surface area contributed by atoms with E-state index in [1.807, 2.05) is 0 Å². The quantitative estimate of drug-likeness (QED) is 0.493. The van der Waals surface area contributed by atoms with E-state index in [1.54, 1.807) is 0 Å². The molecule has 0 bridgehead atoms. The van der Waals surface area contributed by atoms with Crippen LogP contribution in [0.25, 0.3) is 0 Å². The van der Waals surface area contributed by atoms with Crippen molar-refractivity contribution < 1.29 is 9.90 Å². The number of carboxylic acids is 1. The minimum absolute atomic E-state index is 0.0791. The van der Waals surface area contributed by atoms with Gasteiger partial charge in [0.2, 0.25) is 0 Å². The van der Waals surface area contributed by atoms with Gasteiger partial charge in [-0.05, 0) is 0 Å². The lowest BCUT2D eigenvalue weighted by Gasteiger charge is -2.08. The van der Waals surface area contributed by atoms with Crippen molar-refractivity contribution in [1.29, 1.82) is 0 Å². The van der Waals surface area contributed by atoms with Crippen molar-refractivity contribution in [3.63, 3.8) is 0 Å². The standard InChI is InChI=1S/C7H11N3O3/c8-2-4(1-6(11)12)5-3-9-7(13)10-5/h3-4H,1-2,8H2,(H,11,12)(H2,9,10,13). The van der Waals surface area contributed by atoms with Crippen LogP contribution >= 0.6 is 0 Å². The highest BCUT2D eigenvalue weighted by Crippen LogP contribution is 2.13. The zero-order valence-electron chi connectivity index (χ0n) is 6.91. The summed E-state index contributed by atoms with van der Waals surface area (Å²) in [4.78, 5) is 26.0. The summed E-state index contributed by atoms with van der Waals surface area (Å²) in [7, 11) is 0. The SMILES string of the molecule is NCC(CC(=O)O)c1c[nH]c(=O)[nH]1. The van der Waals surface area contributed by atoms with Crippen molar-refractivity contribution in [1.82, 2.24) is 9.97 Å². The van der Waals surface area contributed by atoms with E-state index in [-0.39, 0.29) is 24.6 Å². The first-order valence-corrected chi connectivity index (χ1v) is 3.83. The molecule has 1 atom stereocenters. The molecule has 0 amide bonds. The molecule has 1 rings (SSSR count). The number of H-pyrrole nitrogens is 2. The lowest BCUT2D eigenvalue weighted by molar-refractivity contribution is -0.137. The molecule has 1 aromatic rings. The Balaban J connectivity index is 2.78. The molecule has 72 valence electrons. The summed E-state index contributed by atoms with van der Waals surface area (Å²) >= 11 is 0. The van der Waals surface area contributed by atoms with Gasteiger partial charge in [0.1, 0.15) is 0 Å². The van der Waals surface area contributed by atoms with Crippen molar-refractivity contribution in [3.05, 3.63) is 22.4 Å². The minimum atomic E-state index is -0.933. The molecule has 1 unspecified atom stereocenters. The number of aromatic nitrogens is 2. The topological polar surface area (TPSA) is 112 Å². The Hall–Kier alpha value is -1.56. The summed E-state index contributed by atoms with van der Waals surface area (Å²) in [5, 5.41) is 8.53.